The lowest BCUT2D eigenvalue weighted by Gasteiger charge is -1.99. The quantitative estimate of drug-likeness (QED) is 0.503. The van der Waals surface area contributed by atoms with Gasteiger partial charge >= 0.3 is 0 Å². The van der Waals surface area contributed by atoms with Gasteiger partial charge in [0, 0.05) is 5.56 Å². The number of pyridine rings is 1. The van der Waals surface area contributed by atoms with E-state index in [0.29, 0.717) is 12.3 Å². The molecule has 28 heavy (non-hydrogen) atoms. The van der Waals surface area contributed by atoms with Crippen LogP contribution in [0.5, 0.6) is 0 Å². The van der Waals surface area contributed by atoms with Crippen molar-refractivity contribution in [1.82, 2.24) is 25.5 Å². The summed E-state index contributed by atoms with van der Waals surface area (Å²) in [5.74, 6) is 0.259. The second-order valence-corrected chi connectivity index (χ2v) is 7.00. The van der Waals surface area contributed by atoms with Gasteiger partial charge in [-0.3, -0.25) is 9.78 Å². The summed E-state index contributed by atoms with van der Waals surface area (Å²) >= 11 is 1.54. The van der Waals surface area contributed by atoms with Crippen molar-refractivity contribution < 1.29 is 9.21 Å². The molecule has 0 spiro atoms. The second-order valence-electron chi connectivity index (χ2n) is 5.89. The first kappa shape index (κ1) is 17.8. The van der Waals surface area contributed by atoms with Crippen LogP contribution in [0.25, 0.3) is 21.5 Å². The highest BCUT2D eigenvalue weighted by molar-refractivity contribution is 7.18. The molecule has 3 aromatic heterocycles. The minimum absolute atomic E-state index is 0.0511. The Labute approximate surface area is 163 Å². The second kappa shape index (κ2) is 7.94. The average molecular weight is 390 g/mol. The Morgan fingerprint density at radius 3 is 2.86 bits per heavy atom. The van der Waals surface area contributed by atoms with Gasteiger partial charge in [0.25, 0.3) is 0 Å². The van der Waals surface area contributed by atoms with Gasteiger partial charge in [0.1, 0.15) is 18.0 Å². The first-order valence-electron chi connectivity index (χ1n) is 8.47. The molecular formula is C19H14N6O2S. The van der Waals surface area contributed by atoms with Crippen LogP contribution in [0.3, 0.4) is 0 Å². The molecule has 0 fully saturated rings. The van der Waals surface area contributed by atoms with E-state index in [9.17, 15) is 4.79 Å². The third-order valence-corrected chi connectivity index (χ3v) is 4.89. The first-order valence-corrected chi connectivity index (χ1v) is 9.28. The number of fused-ring (bicyclic) bond motifs is 1. The molecule has 4 aromatic rings. The lowest BCUT2D eigenvalue weighted by atomic mass is 10.1. The number of amides is 1. The summed E-state index contributed by atoms with van der Waals surface area (Å²) in [6.45, 7) is -0.0511. The van der Waals surface area contributed by atoms with Gasteiger partial charge in [-0.15, -0.1) is 21.5 Å². The number of nitrogens with one attached hydrogen (secondary N) is 1. The predicted octanol–water partition coefficient (Wildman–Crippen LogP) is 2.51. The Morgan fingerprint density at radius 2 is 2.04 bits per heavy atom. The van der Waals surface area contributed by atoms with Crippen LogP contribution in [0.15, 0.2) is 47.0 Å². The summed E-state index contributed by atoms with van der Waals surface area (Å²) in [4.78, 5) is 20.6. The number of carbonyl (C=O) groups is 1. The van der Waals surface area contributed by atoms with Gasteiger partial charge in [-0.2, -0.15) is 5.26 Å². The van der Waals surface area contributed by atoms with Crippen molar-refractivity contribution in [3.8, 4) is 17.3 Å². The Kier molecular flexibility index (Phi) is 5.03. The molecule has 0 saturated heterocycles. The van der Waals surface area contributed by atoms with Gasteiger partial charge in [-0.1, -0.05) is 30.3 Å². The van der Waals surface area contributed by atoms with E-state index in [0.717, 1.165) is 26.5 Å². The maximum Gasteiger partial charge on any atom is 0.230 e. The van der Waals surface area contributed by atoms with Gasteiger partial charge in [-0.05, 0) is 6.07 Å². The van der Waals surface area contributed by atoms with E-state index in [2.05, 4.69) is 25.5 Å². The Balaban J connectivity index is 1.48. The van der Waals surface area contributed by atoms with Crippen LogP contribution in [0.2, 0.25) is 0 Å². The molecule has 0 saturated carbocycles. The maximum atomic E-state index is 11.6. The zero-order valence-electron chi connectivity index (χ0n) is 14.6. The number of hydrogen-bond acceptors (Lipinski definition) is 8. The molecule has 0 atom stereocenters. The lowest BCUT2D eigenvalue weighted by Crippen LogP contribution is -2.25. The molecule has 9 heteroatoms. The van der Waals surface area contributed by atoms with E-state index >= 15 is 0 Å². The van der Waals surface area contributed by atoms with Crippen molar-refractivity contribution in [2.75, 3.05) is 6.54 Å². The van der Waals surface area contributed by atoms with Gasteiger partial charge in [0.15, 0.2) is 0 Å². The molecule has 138 valence electrons. The van der Waals surface area contributed by atoms with Crippen molar-refractivity contribution in [3.05, 3.63) is 59.4 Å². The van der Waals surface area contributed by atoms with Crippen molar-refractivity contribution in [3.63, 3.8) is 0 Å². The van der Waals surface area contributed by atoms with E-state index in [4.69, 9.17) is 9.68 Å². The Morgan fingerprint density at radius 1 is 1.21 bits per heavy atom. The topological polar surface area (TPSA) is 118 Å². The van der Waals surface area contributed by atoms with Gasteiger partial charge < -0.3 is 9.73 Å². The number of nitriles is 1. The molecule has 0 aliphatic rings. The third kappa shape index (κ3) is 4.02. The minimum Gasteiger partial charge on any atom is -0.424 e. The number of nitrogens with zero attached hydrogens (tertiary/aromatic N) is 5. The fourth-order valence-corrected chi connectivity index (χ4v) is 3.59. The smallest absolute Gasteiger partial charge is 0.230 e. The molecule has 0 aliphatic heterocycles. The van der Waals surface area contributed by atoms with Crippen LogP contribution in [-0.2, 0) is 17.6 Å². The highest BCUT2D eigenvalue weighted by atomic mass is 32.1. The number of carbonyl (C=O) groups excluding carboxylic acids is 1. The molecule has 8 nitrogen and oxygen atoms in total. The maximum absolute atomic E-state index is 11.6. The van der Waals surface area contributed by atoms with Crippen LogP contribution in [0, 0.1) is 11.3 Å². The van der Waals surface area contributed by atoms with E-state index in [1.165, 1.54) is 0 Å². The molecule has 1 amide bonds. The zero-order valence-corrected chi connectivity index (χ0v) is 15.4. The molecule has 0 aliphatic carbocycles. The van der Waals surface area contributed by atoms with Crippen LogP contribution in [0.1, 0.15) is 16.8 Å². The van der Waals surface area contributed by atoms with Gasteiger partial charge in [0.05, 0.1) is 34.6 Å². The largest absolute Gasteiger partial charge is 0.424 e. The number of rotatable bonds is 6. The molecule has 0 unspecified atom stereocenters. The first-order chi connectivity index (χ1) is 13.7. The fraction of sp³-hybridized carbons (Fsp3) is 0.158. The SMILES string of the molecule is N#CCNC(=O)Cc1nnc(Cc2nc3cnc(-c4ccccc4)cc3s2)o1. The molecule has 1 aromatic carbocycles. The summed E-state index contributed by atoms with van der Waals surface area (Å²) in [7, 11) is 0. The highest BCUT2D eigenvalue weighted by Gasteiger charge is 2.14. The predicted molar refractivity (Wildman–Crippen MR) is 102 cm³/mol. The van der Waals surface area contributed by atoms with Crippen LogP contribution in [0.4, 0.5) is 0 Å². The van der Waals surface area contributed by atoms with Gasteiger partial charge in [-0.25, -0.2) is 4.98 Å². The standard InChI is InChI=1S/C19H14N6O2S/c20-6-7-21-16(26)9-17-24-25-18(27-17)10-19-23-14-11-22-13(8-15(14)28-19)12-4-2-1-3-5-12/h1-5,8,11H,7,9-10H2,(H,21,26). The highest BCUT2D eigenvalue weighted by Crippen LogP contribution is 2.27. The lowest BCUT2D eigenvalue weighted by molar-refractivity contribution is -0.120. The molecule has 0 radical (unpaired) electrons. The molecule has 1 N–H and O–H groups in total. The van der Waals surface area contributed by atoms with Crippen molar-refractivity contribution in [2.45, 2.75) is 12.8 Å². The summed E-state index contributed by atoms with van der Waals surface area (Å²) in [6.07, 6.45) is 2.09. The Bertz CT molecular complexity index is 1160. The fourth-order valence-electron chi connectivity index (χ4n) is 2.62. The van der Waals surface area contributed by atoms with E-state index in [1.807, 2.05) is 42.5 Å². The number of thiazole rings is 1. The minimum atomic E-state index is -0.337. The third-order valence-electron chi connectivity index (χ3n) is 3.88. The Hall–Kier alpha value is -3.64. The summed E-state index contributed by atoms with van der Waals surface area (Å²) < 4.78 is 6.54. The van der Waals surface area contributed by atoms with Crippen molar-refractivity contribution >= 4 is 27.5 Å². The average Bonchev–Trinajstić information content (AvgIpc) is 3.32. The van der Waals surface area contributed by atoms with Crippen molar-refractivity contribution in [1.29, 1.82) is 5.26 Å². The van der Waals surface area contributed by atoms with Crippen LogP contribution >= 0.6 is 11.3 Å². The molecule has 4 rings (SSSR count). The molecular weight excluding hydrogens is 376 g/mol. The van der Waals surface area contributed by atoms with Crippen molar-refractivity contribution in [2.24, 2.45) is 0 Å². The number of aromatic nitrogens is 4. The van der Waals surface area contributed by atoms with Gasteiger partial charge in [0.2, 0.25) is 17.7 Å². The normalized spacial score (nSPS) is 10.7. The van der Waals surface area contributed by atoms with E-state index in [1.54, 1.807) is 17.5 Å². The zero-order chi connectivity index (χ0) is 19.3. The monoisotopic (exact) mass is 390 g/mol. The number of hydrogen-bond donors (Lipinski definition) is 1. The van der Waals surface area contributed by atoms with Crippen LogP contribution in [-0.4, -0.2) is 32.6 Å². The summed E-state index contributed by atoms with van der Waals surface area (Å²) in [6, 6.07) is 13.8. The molecule has 0 bridgehead atoms. The molecule has 3 heterocycles. The van der Waals surface area contributed by atoms with Crippen LogP contribution < -0.4 is 5.32 Å². The van der Waals surface area contributed by atoms with E-state index < -0.39 is 0 Å². The number of benzene rings is 1. The summed E-state index contributed by atoms with van der Waals surface area (Å²) in [5, 5.41) is 19.6. The van der Waals surface area contributed by atoms with E-state index in [-0.39, 0.29) is 24.8 Å². The summed E-state index contributed by atoms with van der Waals surface area (Å²) in [5.41, 5.74) is 2.76.